The van der Waals surface area contributed by atoms with Crippen molar-refractivity contribution in [2.24, 2.45) is 0 Å². The molecule has 0 saturated carbocycles. The van der Waals surface area contributed by atoms with E-state index >= 15 is 0 Å². The summed E-state index contributed by atoms with van der Waals surface area (Å²) in [5.74, 6) is 0.319. The van der Waals surface area contributed by atoms with Crippen LogP contribution >= 0.6 is 11.6 Å². The molecule has 3 nitrogen and oxygen atoms in total. The van der Waals surface area contributed by atoms with Gasteiger partial charge in [-0.3, -0.25) is 4.79 Å². The predicted molar refractivity (Wildman–Crippen MR) is 78.2 cm³/mol. The van der Waals surface area contributed by atoms with E-state index in [2.05, 4.69) is 4.98 Å². The molecule has 0 aliphatic heterocycles. The number of para-hydroxylation sites is 2. The Hall–Kier alpha value is -2.13. The molecule has 1 heterocycles. The highest BCUT2D eigenvalue weighted by Crippen LogP contribution is 2.22. The van der Waals surface area contributed by atoms with E-state index in [-0.39, 0.29) is 12.2 Å². The molecule has 0 bridgehead atoms. The Balaban J connectivity index is 1.90. The van der Waals surface area contributed by atoms with Gasteiger partial charge in [-0.25, -0.2) is 4.98 Å². The van der Waals surface area contributed by atoms with Crippen molar-refractivity contribution in [1.29, 1.82) is 0 Å². The van der Waals surface area contributed by atoms with Crippen LogP contribution in [0.15, 0.2) is 46.9 Å². The van der Waals surface area contributed by atoms with Gasteiger partial charge in [0.15, 0.2) is 11.4 Å². The van der Waals surface area contributed by atoms with Crippen molar-refractivity contribution in [3.8, 4) is 0 Å². The zero-order chi connectivity index (χ0) is 14.1. The number of hydrogen-bond donors (Lipinski definition) is 0. The highest BCUT2D eigenvalue weighted by atomic mass is 35.5. The molecule has 20 heavy (non-hydrogen) atoms. The number of hydrogen-bond acceptors (Lipinski definition) is 3. The number of carbonyl (C=O) groups is 1. The van der Waals surface area contributed by atoms with Gasteiger partial charge in [0.2, 0.25) is 5.89 Å². The predicted octanol–water partition coefficient (Wildman–Crippen LogP) is 4.22. The average Bonchev–Trinajstić information content (AvgIpc) is 2.83. The number of Topliss-reactive ketones (excluding diaryl/α,β-unsaturated/α-hetero) is 1. The first-order chi connectivity index (χ1) is 9.65. The highest BCUT2D eigenvalue weighted by Gasteiger charge is 2.15. The molecule has 0 amide bonds. The van der Waals surface area contributed by atoms with Gasteiger partial charge < -0.3 is 4.42 Å². The van der Waals surface area contributed by atoms with Crippen LogP contribution in [0.25, 0.3) is 11.1 Å². The second kappa shape index (κ2) is 5.10. The lowest BCUT2D eigenvalue weighted by molar-refractivity contribution is 0.0986. The summed E-state index contributed by atoms with van der Waals surface area (Å²) in [4.78, 5) is 16.6. The first kappa shape index (κ1) is 12.9. The molecule has 3 aromatic rings. The standard InChI is InChI=1S/C16H12ClNO2/c1-10-5-4-6-11(16(10)17)13(19)9-15-18-12-7-2-3-8-14(12)20-15/h2-8H,9H2,1H3. The molecule has 0 N–H and O–H groups in total. The monoisotopic (exact) mass is 285 g/mol. The number of oxazole rings is 1. The van der Waals surface area contributed by atoms with Gasteiger partial charge in [-0.1, -0.05) is 35.9 Å². The van der Waals surface area contributed by atoms with Crippen LogP contribution in [-0.4, -0.2) is 10.8 Å². The molecule has 100 valence electrons. The second-order valence-corrected chi connectivity index (χ2v) is 4.99. The summed E-state index contributed by atoms with van der Waals surface area (Å²) < 4.78 is 5.56. The molecule has 0 atom stereocenters. The number of nitrogens with zero attached hydrogens (tertiary/aromatic N) is 1. The van der Waals surface area contributed by atoms with E-state index in [1.165, 1.54) is 0 Å². The number of aryl methyl sites for hydroxylation is 1. The van der Waals surface area contributed by atoms with E-state index in [4.69, 9.17) is 16.0 Å². The number of aromatic nitrogens is 1. The maximum absolute atomic E-state index is 12.3. The molecule has 3 rings (SSSR count). The van der Waals surface area contributed by atoms with E-state index in [1.54, 1.807) is 6.07 Å². The molecule has 0 aliphatic carbocycles. The van der Waals surface area contributed by atoms with Gasteiger partial charge in [0.05, 0.1) is 11.4 Å². The number of carbonyl (C=O) groups excluding carboxylic acids is 1. The fraction of sp³-hybridized carbons (Fsp3) is 0.125. The second-order valence-electron chi connectivity index (χ2n) is 4.61. The summed E-state index contributed by atoms with van der Waals surface area (Å²) in [6.07, 6.45) is 0.109. The quantitative estimate of drug-likeness (QED) is 0.677. The molecule has 0 saturated heterocycles. The Morgan fingerprint density at radius 2 is 2.00 bits per heavy atom. The van der Waals surface area contributed by atoms with Gasteiger partial charge in [-0.05, 0) is 30.7 Å². The Morgan fingerprint density at radius 3 is 2.80 bits per heavy atom. The topological polar surface area (TPSA) is 43.1 Å². The van der Waals surface area contributed by atoms with Crippen molar-refractivity contribution in [1.82, 2.24) is 4.98 Å². The molecule has 0 radical (unpaired) electrons. The van der Waals surface area contributed by atoms with Crippen LogP contribution in [0.5, 0.6) is 0 Å². The summed E-state index contributed by atoms with van der Waals surface area (Å²) in [5.41, 5.74) is 2.83. The molecule has 0 unspecified atom stereocenters. The third-order valence-electron chi connectivity index (χ3n) is 3.14. The van der Waals surface area contributed by atoms with Crippen LogP contribution in [0.3, 0.4) is 0 Å². The lowest BCUT2D eigenvalue weighted by Crippen LogP contribution is -2.05. The molecule has 0 aliphatic rings. The third kappa shape index (κ3) is 2.32. The molecule has 4 heteroatoms. The first-order valence-electron chi connectivity index (χ1n) is 6.28. The minimum atomic E-state index is -0.0924. The Labute approximate surface area is 121 Å². The van der Waals surface area contributed by atoms with Crippen molar-refractivity contribution in [3.05, 3.63) is 64.5 Å². The van der Waals surface area contributed by atoms with Crippen LogP contribution in [0.4, 0.5) is 0 Å². The van der Waals surface area contributed by atoms with Crippen molar-refractivity contribution < 1.29 is 9.21 Å². The Morgan fingerprint density at radius 1 is 1.20 bits per heavy atom. The average molecular weight is 286 g/mol. The van der Waals surface area contributed by atoms with Gasteiger partial charge in [-0.15, -0.1) is 0 Å². The van der Waals surface area contributed by atoms with E-state index in [0.29, 0.717) is 22.1 Å². The fourth-order valence-electron chi connectivity index (χ4n) is 2.09. The maximum atomic E-state index is 12.3. The van der Waals surface area contributed by atoms with Crippen LogP contribution in [-0.2, 0) is 6.42 Å². The number of ketones is 1. The molecular weight excluding hydrogens is 274 g/mol. The lowest BCUT2D eigenvalue weighted by atomic mass is 10.1. The summed E-state index contributed by atoms with van der Waals surface area (Å²) in [5, 5.41) is 0.494. The van der Waals surface area contributed by atoms with Crippen molar-refractivity contribution in [2.75, 3.05) is 0 Å². The van der Waals surface area contributed by atoms with Crippen LogP contribution < -0.4 is 0 Å². The minimum absolute atomic E-state index is 0.0924. The highest BCUT2D eigenvalue weighted by molar-refractivity contribution is 6.34. The molecule has 1 aromatic heterocycles. The van der Waals surface area contributed by atoms with Crippen LogP contribution in [0.2, 0.25) is 5.02 Å². The summed E-state index contributed by atoms with van der Waals surface area (Å²) in [6.45, 7) is 1.87. The largest absolute Gasteiger partial charge is 0.440 e. The SMILES string of the molecule is Cc1cccc(C(=O)Cc2nc3ccccc3o2)c1Cl. The van der Waals surface area contributed by atoms with Gasteiger partial charge in [0, 0.05) is 5.56 Å². The Bertz CT molecular complexity index is 759. The van der Waals surface area contributed by atoms with E-state index in [1.807, 2.05) is 43.3 Å². The van der Waals surface area contributed by atoms with Crippen LogP contribution in [0, 0.1) is 6.92 Å². The number of fused-ring (bicyclic) bond motifs is 1. The van der Waals surface area contributed by atoms with Gasteiger partial charge in [-0.2, -0.15) is 0 Å². The number of rotatable bonds is 3. The molecule has 2 aromatic carbocycles. The zero-order valence-corrected chi connectivity index (χ0v) is 11.6. The fourth-order valence-corrected chi connectivity index (χ4v) is 2.32. The van der Waals surface area contributed by atoms with Crippen molar-refractivity contribution in [3.63, 3.8) is 0 Å². The first-order valence-corrected chi connectivity index (χ1v) is 6.66. The van der Waals surface area contributed by atoms with E-state index < -0.39 is 0 Å². The molecule has 0 spiro atoms. The van der Waals surface area contributed by atoms with Crippen molar-refractivity contribution in [2.45, 2.75) is 13.3 Å². The molecular formula is C16H12ClNO2. The maximum Gasteiger partial charge on any atom is 0.203 e. The van der Waals surface area contributed by atoms with Crippen molar-refractivity contribution >= 4 is 28.5 Å². The summed E-state index contributed by atoms with van der Waals surface area (Å²) >= 11 is 6.16. The lowest BCUT2D eigenvalue weighted by Gasteiger charge is -2.04. The molecule has 0 fully saturated rings. The Kier molecular flexibility index (Phi) is 3.28. The van der Waals surface area contributed by atoms with E-state index in [0.717, 1.165) is 11.1 Å². The third-order valence-corrected chi connectivity index (χ3v) is 3.64. The van der Waals surface area contributed by atoms with E-state index in [9.17, 15) is 4.79 Å². The van der Waals surface area contributed by atoms with Crippen LogP contribution in [0.1, 0.15) is 21.8 Å². The van der Waals surface area contributed by atoms with Gasteiger partial charge >= 0.3 is 0 Å². The van der Waals surface area contributed by atoms with Gasteiger partial charge in [0.1, 0.15) is 5.52 Å². The zero-order valence-electron chi connectivity index (χ0n) is 10.9. The smallest absolute Gasteiger partial charge is 0.203 e. The number of benzene rings is 2. The summed E-state index contributed by atoms with van der Waals surface area (Å²) in [7, 11) is 0. The minimum Gasteiger partial charge on any atom is -0.440 e. The number of halogens is 1. The van der Waals surface area contributed by atoms with Gasteiger partial charge in [0.25, 0.3) is 0 Å². The normalized spacial score (nSPS) is 10.9. The summed E-state index contributed by atoms with van der Waals surface area (Å²) in [6, 6.07) is 12.9.